The standard InChI is InChI=1S/C17H21N5O4/c1-10(2)16(21-7-3-4-15(21)23)17(24)18-9-14-19-12-6-5-11(22(25)26)8-13(12)20-14/h5-6,8,10,16H,3-4,7,9H2,1-2H3,(H,18,24)(H,19,20)/t16-/m1/s1. The zero-order valence-corrected chi connectivity index (χ0v) is 14.7. The molecule has 0 saturated carbocycles. The summed E-state index contributed by atoms with van der Waals surface area (Å²) in [5.41, 5.74) is 1.11. The number of nitrogens with zero attached hydrogens (tertiary/aromatic N) is 3. The molecule has 26 heavy (non-hydrogen) atoms. The van der Waals surface area contributed by atoms with E-state index < -0.39 is 11.0 Å². The molecule has 1 aromatic heterocycles. The van der Waals surface area contributed by atoms with Gasteiger partial charge in [0, 0.05) is 25.1 Å². The van der Waals surface area contributed by atoms with Gasteiger partial charge in [0.1, 0.15) is 11.9 Å². The van der Waals surface area contributed by atoms with Gasteiger partial charge >= 0.3 is 0 Å². The molecule has 1 aliphatic heterocycles. The molecule has 0 spiro atoms. The first-order chi connectivity index (χ1) is 12.4. The summed E-state index contributed by atoms with van der Waals surface area (Å²) in [5, 5.41) is 13.7. The van der Waals surface area contributed by atoms with E-state index in [1.807, 2.05) is 13.8 Å². The molecule has 0 unspecified atom stereocenters. The number of amides is 2. The molecule has 1 atom stereocenters. The summed E-state index contributed by atoms with van der Waals surface area (Å²) < 4.78 is 0. The molecule has 2 heterocycles. The zero-order valence-electron chi connectivity index (χ0n) is 14.7. The summed E-state index contributed by atoms with van der Waals surface area (Å²) in [6, 6.07) is 3.86. The van der Waals surface area contributed by atoms with Gasteiger partial charge in [-0.25, -0.2) is 4.98 Å². The summed E-state index contributed by atoms with van der Waals surface area (Å²) in [6.45, 7) is 4.59. The summed E-state index contributed by atoms with van der Waals surface area (Å²) in [6.07, 6.45) is 1.26. The van der Waals surface area contributed by atoms with Gasteiger partial charge in [0.15, 0.2) is 0 Å². The second kappa shape index (κ2) is 7.11. The topological polar surface area (TPSA) is 121 Å². The van der Waals surface area contributed by atoms with Crippen LogP contribution in [-0.2, 0) is 16.1 Å². The molecule has 138 valence electrons. The molecule has 9 nitrogen and oxygen atoms in total. The fourth-order valence-corrected chi connectivity index (χ4v) is 3.29. The fourth-order valence-electron chi connectivity index (χ4n) is 3.29. The predicted octanol–water partition coefficient (Wildman–Crippen LogP) is 1.73. The van der Waals surface area contributed by atoms with Gasteiger partial charge in [0.2, 0.25) is 11.8 Å². The van der Waals surface area contributed by atoms with Crippen molar-refractivity contribution >= 4 is 28.5 Å². The zero-order chi connectivity index (χ0) is 18.8. The number of carbonyl (C=O) groups is 2. The first-order valence-corrected chi connectivity index (χ1v) is 8.57. The molecule has 2 aromatic rings. The molecule has 1 aliphatic rings. The van der Waals surface area contributed by atoms with Crippen LogP contribution >= 0.6 is 0 Å². The molecule has 0 radical (unpaired) electrons. The van der Waals surface area contributed by atoms with Gasteiger partial charge in [-0.3, -0.25) is 19.7 Å². The summed E-state index contributed by atoms with van der Waals surface area (Å²) in [5.74, 6) is 0.288. The molecule has 2 amide bonds. The Morgan fingerprint density at radius 3 is 2.85 bits per heavy atom. The van der Waals surface area contributed by atoms with Crippen LogP contribution in [0.5, 0.6) is 0 Å². The average Bonchev–Trinajstić information content (AvgIpc) is 3.18. The lowest BCUT2D eigenvalue weighted by atomic mass is 10.0. The van der Waals surface area contributed by atoms with Crippen LogP contribution in [0.3, 0.4) is 0 Å². The SMILES string of the molecule is CC(C)[C@H](C(=O)NCc1nc2ccc([N+](=O)[O-])cc2[nH]1)N1CCCC1=O. The van der Waals surface area contributed by atoms with Crippen molar-refractivity contribution in [2.24, 2.45) is 5.92 Å². The third kappa shape index (κ3) is 3.51. The van der Waals surface area contributed by atoms with Crippen molar-refractivity contribution in [1.29, 1.82) is 0 Å². The van der Waals surface area contributed by atoms with Crippen molar-refractivity contribution in [2.75, 3.05) is 6.54 Å². The highest BCUT2D eigenvalue weighted by molar-refractivity contribution is 5.88. The lowest BCUT2D eigenvalue weighted by Gasteiger charge is -2.29. The van der Waals surface area contributed by atoms with Gasteiger partial charge in [-0.2, -0.15) is 0 Å². The van der Waals surface area contributed by atoms with E-state index in [2.05, 4.69) is 15.3 Å². The number of carbonyl (C=O) groups excluding carboxylic acids is 2. The van der Waals surface area contributed by atoms with E-state index in [-0.39, 0.29) is 30.0 Å². The third-order valence-electron chi connectivity index (χ3n) is 4.50. The minimum atomic E-state index is -0.504. The highest BCUT2D eigenvalue weighted by Crippen LogP contribution is 2.20. The van der Waals surface area contributed by atoms with Crippen LogP contribution in [-0.4, -0.2) is 44.2 Å². The van der Waals surface area contributed by atoms with Crippen LogP contribution in [0.2, 0.25) is 0 Å². The van der Waals surface area contributed by atoms with Crippen molar-refractivity contribution in [3.8, 4) is 0 Å². The molecular formula is C17H21N5O4. The van der Waals surface area contributed by atoms with Crippen molar-refractivity contribution < 1.29 is 14.5 Å². The molecule has 0 aliphatic carbocycles. The van der Waals surface area contributed by atoms with E-state index >= 15 is 0 Å². The maximum absolute atomic E-state index is 12.6. The number of non-ortho nitro benzene ring substituents is 1. The molecule has 3 rings (SSSR count). The third-order valence-corrected chi connectivity index (χ3v) is 4.50. The number of aromatic amines is 1. The molecule has 1 saturated heterocycles. The van der Waals surface area contributed by atoms with E-state index in [9.17, 15) is 19.7 Å². The number of likely N-dealkylation sites (tertiary alicyclic amines) is 1. The quantitative estimate of drug-likeness (QED) is 0.601. The molecule has 9 heteroatoms. The van der Waals surface area contributed by atoms with E-state index in [1.165, 1.54) is 12.1 Å². The molecule has 2 N–H and O–H groups in total. The molecule has 1 fully saturated rings. The van der Waals surface area contributed by atoms with Crippen LogP contribution in [0.4, 0.5) is 5.69 Å². The number of hydrogen-bond acceptors (Lipinski definition) is 5. The Kier molecular flexibility index (Phi) is 4.88. The lowest BCUT2D eigenvalue weighted by Crippen LogP contribution is -2.50. The highest BCUT2D eigenvalue weighted by Gasteiger charge is 2.34. The predicted molar refractivity (Wildman–Crippen MR) is 94.2 cm³/mol. The maximum atomic E-state index is 12.6. The Balaban J connectivity index is 1.70. The molecule has 1 aromatic carbocycles. The smallest absolute Gasteiger partial charge is 0.271 e. The number of nitro groups is 1. The Morgan fingerprint density at radius 2 is 2.23 bits per heavy atom. The van der Waals surface area contributed by atoms with Gasteiger partial charge < -0.3 is 15.2 Å². The number of nitrogens with one attached hydrogen (secondary N) is 2. The minimum absolute atomic E-state index is 0.00428. The number of hydrogen-bond donors (Lipinski definition) is 2. The molecular weight excluding hydrogens is 338 g/mol. The van der Waals surface area contributed by atoms with E-state index in [0.717, 1.165) is 6.42 Å². The normalized spacial score (nSPS) is 15.7. The number of fused-ring (bicyclic) bond motifs is 1. The van der Waals surface area contributed by atoms with Crippen molar-refractivity contribution in [2.45, 2.75) is 39.3 Å². The van der Waals surface area contributed by atoms with E-state index in [0.29, 0.717) is 29.8 Å². The number of benzene rings is 1. The average molecular weight is 359 g/mol. The van der Waals surface area contributed by atoms with Gasteiger partial charge in [0.05, 0.1) is 22.5 Å². The second-order valence-corrected chi connectivity index (χ2v) is 6.74. The van der Waals surface area contributed by atoms with Gasteiger partial charge in [0.25, 0.3) is 5.69 Å². The number of rotatable bonds is 6. The number of aromatic nitrogens is 2. The van der Waals surface area contributed by atoms with Crippen LogP contribution in [0, 0.1) is 16.0 Å². The largest absolute Gasteiger partial charge is 0.347 e. The number of imidazole rings is 1. The van der Waals surface area contributed by atoms with Gasteiger partial charge in [-0.1, -0.05) is 13.8 Å². The van der Waals surface area contributed by atoms with Crippen LogP contribution < -0.4 is 5.32 Å². The first-order valence-electron chi connectivity index (χ1n) is 8.57. The Labute approximate surface area is 149 Å². The van der Waals surface area contributed by atoms with Crippen LogP contribution in [0.25, 0.3) is 11.0 Å². The van der Waals surface area contributed by atoms with Gasteiger partial charge in [-0.15, -0.1) is 0 Å². The summed E-state index contributed by atoms with van der Waals surface area (Å²) in [7, 11) is 0. The van der Waals surface area contributed by atoms with Crippen molar-refractivity contribution in [3.05, 3.63) is 34.1 Å². The van der Waals surface area contributed by atoms with Crippen molar-refractivity contribution in [1.82, 2.24) is 20.2 Å². The Hall–Kier alpha value is -2.97. The lowest BCUT2D eigenvalue weighted by molar-refractivity contribution is -0.384. The van der Waals surface area contributed by atoms with E-state index in [4.69, 9.17) is 0 Å². The number of H-pyrrole nitrogens is 1. The van der Waals surface area contributed by atoms with Gasteiger partial charge in [-0.05, 0) is 18.4 Å². The van der Waals surface area contributed by atoms with E-state index in [1.54, 1.807) is 11.0 Å². The minimum Gasteiger partial charge on any atom is -0.347 e. The second-order valence-electron chi connectivity index (χ2n) is 6.74. The monoisotopic (exact) mass is 359 g/mol. The molecule has 0 bridgehead atoms. The Bertz CT molecular complexity index is 860. The highest BCUT2D eigenvalue weighted by atomic mass is 16.6. The first kappa shape index (κ1) is 17.8. The maximum Gasteiger partial charge on any atom is 0.271 e. The van der Waals surface area contributed by atoms with Crippen LogP contribution in [0.15, 0.2) is 18.2 Å². The fraction of sp³-hybridized carbons (Fsp3) is 0.471. The Morgan fingerprint density at radius 1 is 1.46 bits per heavy atom. The number of nitro benzene ring substituents is 1. The summed E-state index contributed by atoms with van der Waals surface area (Å²) >= 11 is 0. The van der Waals surface area contributed by atoms with Crippen molar-refractivity contribution in [3.63, 3.8) is 0 Å². The summed E-state index contributed by atoms with van der Waals surface area (Å²) in [4.78, 5) is 43.9. The van der Waals surface area contributed by atoms with Crippen LogP contribution in [0.1, 0.15) is 32.5 Å².